The highest BCUT2D eigenvalue weighted by Crippen LogP contribution is 2.36. The van der Waals surface area contributed by atoms with Gasteiger partial charge in [-0.2, -0.15) is 0 Å². The molecule has 0 N–H and O–H groups in total. The number of benzene rings is 2. The zero-order valence-electron chi connectivity index (χ0n) is 10.6. The zero-order chi connectivity index (χ0) is 14.1. The Hall–Kier alpha value is -1.72. The maximum atomic E-state index is 13.8. The molecule has 5 heteroatoms. The average molecular weight is 303 g/mol. The van der Waals surface area contributed by atoms with Crippen LogP contribution in [0, 0.1) is 5.82 Å². The lowest BCUT2D eigenvalue weighted by Crippen LogP contribution is -1.99. The summed E-state index contributed by atoms with van der Waals surface area (Å²) < 4.78 is 15.6. The monoisotopic (exact) mass is 303 g/mol. The van der Waals surface area contributed by atoms with Crippen molar-refractivity contribution in [2.24, 2.45) is 0 Å². The number of thiazole rings is 1. The molecule has 0 saturated carbocycles. The molecular weight excluding hydrogens is 293 g/mol. The second-order valence-corrected chi connectivity index (χ2v) is 6.54. The first kappa shape index (κ1) is 13.3. The van der Waals surface area contributed by atoms with Gasteiger partial charge in [-0.25, -0.2) is 9.37 Å². The van der Waals surface area contributed by atoms with Crippen LogP contribution in [0.1, 0.15) is 17.3 Å². The largest absolute Gasteiger partial charge is 0.294 e. The minimum Gasteiger partial charge on any atom is -0.294 e. The summed E-state index contributed by atoms with van der Waals surface area (Å²) in [4.78, 5) is 16.7. The molecule has 2 aromatic carbocycles. The second kappa shape index (κ2) is 5.34. The molecule has 0 amide bonds. The van der Waals surface area contributed by atoms with Crippen molar-refractivity contribution in [2.45, 2.75) is 16.2 Å². The fourth-order valence-electron chi connectivity index (χ4n) is 1.92. The van der Waals surface area contributed by atoms with Crippen molar-refractivity contribution >= 4 is 39.1 Å². The highest BCUT2D eigenvalue weighted by molar-refractivity contribution is 8.01. The van der Waals surface area contributed by atoms with Gasteiger partial charge in [-0.1, -0.05) is 30.0 Å². The van der Waals surface area contributed by atoms with E-state index in [0.717, 1.165) is 14.6 Å². The number of Topliss-reactive ketones (excluding diaryl/α,β-unsaturated/α-hetero) is 1. The van der Waals surface area contributed by atoms with Gasteiger partial charge in [-0.3, -0.25) is 4.79 Å². The normalized spacial score (nSPS) is 10.9. The maximum absolute atomic E-state index is 13.8. The minimum absolute atomic E-state index is 0.136. The fourth-order valence-corrected chi connectivity index (χ4v) is 4.14. The Bertz CT molecular complexity index is 764. The van der Waals surface area contributed by atoms with Crippen LogP contribution in [0.2, 0.25) is 0 Å². The lowest BCUT2D eigenvalue weighted by atomic mass is 10.1. The number of halogens is 1. The molecule has 0 saturated heterocycles. The van der Waals surface area contributed by atoms with E-state index in [1.807, 2.05) is 24.3 Å². The van der Waals surface area contributed by atoms with Gasteiger partial charge in [0.15, 0.2) is 10.1 Å². The van der Waals surface area contributed by atoms with E-state index in [1.54, 1.807) is 12.1 Å². The molecular formula is C15H10FNOS2. The molecule has 0 bridgehead atoms. The van der Waals surface area contributed by atoms with Gasteiger partial charge < -0.3 is 0 Å². The Morgan fingerprint density at radius 2 is 2.00 bits per heavy atom. The molecule has 0 spiro atoms. The number of nitrogens with zero attached hydrogens (tertiary/aromatic N) is 1. The van der Waals surface area contributed by atoms with Crippen LogP contribution in [-0.4, -0.2) is 10.8 Å². The first-order chi connectivity index (χ1) is 9.65. The SMILES string of the molecule is CC(=O)c1c(F)cccc1Sc1nc2ccccc2s1. The molecule has 0 atom stereocenters. The molecule has 0 fully saturated rings. The number of carbonyl (C=O) groups is 1. The summed E-state index contributed by atoms with van der Waals surface area (Å²) in [5, 5.41) is 0. The number of ketones is 1. The average Bonchev–Trinajstić information content (AvgIpc) is 2.80. The summed E-state index contributed by atoms with van der Waals surface area (Å²) in [6.45, 7) is 1.38. The number of aromatic nitrogens is 1. The highest BCUT2D eigenvalue weighted by atomic mass is 32.2. The van der Waals surface area contributed by atoms with Gasteiger partial charge >= 0.3 is 0 Å². The molecule has 0 unspecified atom stereocenters. The fraction of sp³-hybridized carbons (Fsp3) is 0.0667. The van der Waals surface area contributed by atoms with Crippen molar-refractivity contribution in [3.63, 3.8) is 0 Å². The second-order valence-electron chi connectivity index (χ2n) is 4.22. The minimum atomic E-state index is -0.483. The molecule has 0 aliphatic heterocycles. The summed E-state index contributed by atoms with van der Waals surface area (Å²) in [5.74, 6) is -0.754. The Balaban J connectivity index is 2.02. The molecule has 0 aliphatic carbocycles. The van der Waals surface area contributed by atoms with Crippen molar-refractivity contribution in [3.05, 3.63) is 53.8 Å². The number of hydrogen-bond acceptors (Lipinski definition) is 4. The van der Waals surface area contributed by atoms with Crippen LogP contribution < -0.4 is 0 Å². The van der Waals surface area contributed by atoms with Crippen molar-refractivity contribution in [1.29, 1.82) is 0 Å². The smallest absolute Gasteiger partial charge is 0.163 e. The van der Waals surface area contributed by atoms with Crippen LogP contribution in [0.3, 0.4) is 0 Å². The van der Waals surface area contributed by atoms with Gasteiger partial charge in [0, 0.05) is 4.90 Å². The van der Waals surface area contributed by atoms with Crippen molar-refractivity contribution in [2.75, 3.05) is 0 Å². The molecule has 0 radical (unpaired) electrons. The third-order valence-corrected chi connectivity index (χ3v) is 4.96. The molecule has 2 nitrogen and oxygen atoms in total. The Morgan fingerprint density at radius 3 is 2.75 bits per heavy atom. The van der Waals surface area contributed by atoms with Crippen LogP contribution >= 0.6 is 23.1 Å². The third-order valence-electron chi connectivity index (χ3n) is 2.80. The van der Waals surface area contributed by atoms with Gasteiger partial charge in [0.05, 0.1) is 15.8 Å². The van der Waals surface area contributed by atoms with E-state index in [2.05, 4.69) is 4.98 Å². The summed E-state index contributed by atoms with van der Waals surface area (Å²) in [6.07, 6.45) is 0. The van der Waals surface area contributed by atoms with Crippen LogP contribution in [-0.2, 0) is 0 Å². The number of fused-ring (bicyclic) bond motifs is 1. The Labute approximate surface area is 123 Å². The standard InChI is InChI=1S/C15H10FNOS2/c1-9(18)14-10(16)5-4-8-13(14)20-15-17-11-6-2-3-7-12(11)19-15/h2-8H,1H3. The van der Waals surface area contributed by atoms with Crippen molar-refractivity contribution < 1.29 is 9.18 Å². The van der Waals surface area contributed by atoms with E-state index >= 15 is 0 Å². The molecule has 3 aromatic rings. The molecule has 0 aliphatic rings. The summed E-state index contributed by atoms with van der Waals surface area (Å²) in [6, 6.07) is 12.5. The van der Waals surface area contributed by atoms with E-state index in [1.165, 1.54) is 36.1 Å². The van der Waals surface area contributed by atoms with Gasteiger partial charge in [0.2, 0.25) is 0 Å². The van der Waals surface area contributed by atoms with E-state index in [4.69, 9.17) is 0 Å². The van der Waals surface area contributed by atoms with Crippen LogP contribution in [0.5, 0.6) is 0 Å². The summed E-state index contributed by atoms with van der Waals surface area (Å²) in [7, 11) is 0. The molecule has 100 valence electrons. The predicted molar refractivity (Wildman–Crippen MR) is 80.1 cm³/mol. The first-order valence-corrected chi connectivity index (χ1v) is 7.61. The van der Waals surface area contributed by atoms with Crippen LogP contribution in [0.25, 0.3) is 10.2 Å². The van der Waals surface area contributed by atoms with Gasteiger partial charge in [-0.15, -0.1) is 11.3 Å². The topological polar surface area (TPSA) is 30.0 Å². The number of rotatable bonds is 3. The van der Waals surface area contributed by atoms with Crippen molar-refractivity contribution in [1.82, 2.24) is 4.98 Å². The summed E-state index contributed by atoms with van der Waals surface area (Å²) >= 11 is 2.87. The van der Waals surface area contributed by atoms with Gasteiger partial charge in [0.25, 0.3) is 0 Å². The van der Waals surface area contributed by atoms with Crippen LogP contribution in [0.15, 0.2) is 51.7 Å². The maximum Gasteiger partial charge on any atom is 0.163 e. The lowest BCUT2D eigenvalue weighted by molar-refractivity contribution is 0.101. The lowest BCUT2D eigenvalue weighted by Gasteiger charge is -2.05. The first-order valence-electron chi connectivity index (χ1n) is 5.98. The Kier molecular flexibility index (Phi) is 3.54. The number of hydrogen-bond donors (Lipinski definition) is 0. The van der Waals surface area contributed by atoms with Crippen LogP contribution in [0.4, 0.5) is 4.39 Å². The van der Waals surface area contributed by atoms with E-state index in [-0.39, 0.29) is 11.3 Å². The molecule has 1 heterocycles. The quantitative estimate of drug-likeness (QED) is 0.652. The number of para-hydroxylation sites is 1. The Morgan fingerprint density at radius 1 is 1.20 bits per heavy atom. The summed E-state index contributed by atoms with van der Waals surface area (Å²) in [5.41, 5.74) is 1.05. The van der Waals surface area contributed by atoms with Crippen molar-refractivity contribution in [3.8, 4) is 0 Å². The number of carbonyl (C=O) groups excluding carboxylic acids is 1. The van der Waals surface area contributed by atoms with E-state index < -0.39 is 5.82 Å². The molecule has 1 aromatic heterocycles. The third kappa shape index (κ3) is 2.46. The van der Waals surface area contributed by atoms with E-state index in [9.17, 15) is 9.18 Å². The van der Waals surface area contributed by atoms with Gasteiger partial charge in [-0.05, 0) is 31.2 Å². The highest BCUT2D eigenvalue weighted by Gasteiger charge is 2.15. The molecule has 3 rings (SSSR count). The van der Waals surface area contributed by atoms with E-state index in [0.29, 0.717) is 4.90 Å². The predicted octanol–water partition coefficient (Wildman–Crippen LogP) is 4.79. The zero-order valence-corrected chi connectivity index (χ0v) is 12.2. The molecule has 20 heavy (non-hydrogen) atoms. The van der Waals surface area contributed by atoms with Gasteiger partial charge in [0.1, 0.15) is 5.82 Å².